The molecule has 0 saturated carbocycles. The lowest BCUT2D eigenvalue weighted by Crippen LogP contribution is -2.13. The van der Waals surface area contributed by atoms with E-state index in [1.54, 1.807) is 6.07 Å². The number of hydrogen-bond donors (Lipinski definition) is 2. The molecule has 2 rings (SSSR count). The number of benzene rings is 1. The molecule has 0 bridgehead atoms. The minimum absolute atomic E-state index is 0.311. The molecule has 1 heterocycles. The summed E-state index contributed by atoms with van der Waals surface area (Å²) in [5, 5.41) is 6.02. The molecule has 2 aromatic rings. The van der Waals surface area contributed by atoms with E-state index in [1.165, 1.54) is 30.5 Å². The summed E-state index contributed by atoms with van der Waals surface area (Å²) in [6.07, 6.45) is 2.37. The van der Waals surface area contributed by atoms with Gasteiger partial charge < -0.3 is 10.6 Å². The highest BCUT2D eigenvalue weighted by molar-refractivity contribution is 6.33. The molecule has 0 aliphatic carbocycles. The van der Waals surface area contributed by atoms with E-state index >= 15 is 0 Å². The van der Waals surface area contributed by atoms with E-state index < -0.39 is 11.7 Å². The average Bonchev–Trinajstić information content (AvgIpc) is 2.46. The lowest BCUT2D eigenvalue weighted by Gasteiger charge is -2.09. The third-order valence-electron chi connectivity index (χ3n) is 2.73. The Morgan fingerprint density at radius 1 is 1.38 bits per heavy atom. The maximum absolute atomic E-state index is 13.1. The summed E-state index contributed by atoms with van der Waals surface area (Å²) in [5.74, 6) is -0.263. The summed E-state index contributed by atoms with van der Waals surface area (Å²) in [7, 11) is 0. The average molecular weight is 308 g/mol. The van der Waals surface area contributed by atoms with Crippen LogP contribution in [0, 0.1) is 5.82 Å². The fraction of sp³-hybridized carbons (Fsp3) is 0.200. The predicted molar refractivity (Wildman–Crippen MR) is 82.4 cm³/mol. The molecule has 0 aliphatic rings. The molecule has 0 aliphatic heterocycles. The molecule has 1 aromatic heterocycles. The van der Waals surface area contributed by atoms with Crippen molar-refractivity contribution in [2.45, 2.75) is 13.3 Å². The second-order valence-corrected chi connectivity index (χ2v) is 4.85. The van der Waals surface area contributed by atoms with Crippen LogP contribution in [0.5, 0.6) is 0 Å². The minimum atomic E-state index is -0.414. The van der Waals surface area contributed by atoms with Gasteiger partial charge in [-0.2, -0.15) is 0 Å². The van der Waals surface area contributed by atoms with Gasteiger partial charge in [0.25, 0.3) is 5.91 Å². The van der Waals surface area contributed by atoms with Crippen molar-refractivity contribution in [3.8, 4) is 0 Å². The van der Waals surface area contributed by atoms with Crippen LogP contribution in [-0.4, -0.2) is 17.4 Å². The summed E-state index contributed by atoms with van der Waals surface area (Å²) in [4.78, 5) is 16.2. The number of hydrogen-bond acceptors (Lipinski definition) is 3. The molecule has 0 radical (unpaired) electrons. The van der Waals surface area contributed by atoms with Gasteiger partial charge in [-0.1, -0.05) is 24.6 Å². The molecule has 2 N–H and O–H groups in total. The van der Waals surface area contributed by atoms with Crippen LogP contribution in [0.3, 0.4) is 0 Å². The molecule has 4 nitrogen and oxygen atoms in total. The Kier molecular flexibility index (Phi) is 5.11. The molecule has 0 spiro atoms. The second kappa shape index (κ2) is 7.04. The van der Waals surface area contributed by atoms with Gasteiger partial charge in [-0.05, 0) is 30.7 Å². The number of halogens is 2. The fourth-order valence-electron chi connectivity index (χ4n) is 1.71. The number of carbonyl (C=O) groups is 1. The van der Waals surface area contributed by atoms with Crippen LogP contribution < -0.4 is 10.6 Å². The van der Waals surface area contributed by atoms with Gasteiger partial charge in [-0.3, -0.25) is 4.79 Å². The van der Waals surface area contributed by atoms with Gasteiger partial charge in [0.15, 0.2) is 0 Å². The van der Waals surface area contributed by atoms with Crippen molar-refractivity contribution in [3.05, 3.63) is 52.9 Å². The van der Waals surface area contributed by atoms with Crippen LogP contribution in [-0.2, 0) is 0 Å². The molecular weight excluding hydrogens is 293 g/mol. The van der Waals surface area contributed by atoms with Crippen molar-refractivity contribution in [2.24, 2.45) is 0 Å². The summed E-state index contributed by atoms with van der Waals surface area (Å²) in [5.41, 5.74) is 0.690. The van der Waals surface area contributed by atoms with Crippen molar-refractivity contribution < 1.29 is 9.18 Å². The van der Waals surface area contributed by atoms with Crippen LogP contribution in [0.1, 0.15) is 23.7 Å². The Hall–Kier alpha value is -2.14. The zero-order valence-corrected chi connectivity index (χ0v) is 12.2. The number of rotatable bonds is 5. The Morgan fingerprint density at radius 3 is 2.86 bits per heavy atom. The molecule has 0 atom stereocenters. The van der Waals surface area contributed by atoms with Gasteiger partial charge in [0.2, 0.25) is 0 Å². The van der Waals surface area contributed by atoms with Crippen molar-refractivity contribution in [1.29, 1.82) is 0 Å². The van der Waals surface area contributed by atoms with E-state index in [1.807, 2.05) is 6.92 Å². The maximum atomic E-state index is 13.1. The number of amides is 1. The predicted octanol–water partition coefficient (Wildman–Crippen LogP) is 3.95. The Labute approximate surface area is 127 Å². The normalized spacial score (nSPS) is 10.2. The molecule has 0 fully saturated rings. The third-order valence-corrected chi connectivity index (χ3v) is 3.02. The first-order valence-corrected chi connectivity index (χ1v) is 6.94. The quantitative estimate of drug-likeness (QED) is 0.879. The SMILES string of the molecule is CCCNc1ncc(C(=O)Nc2cccc(F)c2)cc1Cl. The first-order chi connectivity index (χ1) is 10.1. The van der Waals surface area contributed by atoms with Gasteiger partial charge in [-0.25, -0.2) is 9.37 Å². The van der Waals surface area contributed by atoms with Gasteiger partial charge in [0.05, 0.1) is 10.6 Å². The maximum Gasteiger partial charge on any atom is 0.257 e. The number of nitrogens with zero attached hydrogens (tertiary/aromatic N) is 1. The second-order valence-electron chi connectivity index (χ2n) is 4.45. The standard InChI is InChI=1S/C15H15ClFN3O/c1-2-6-18-14-13(16)7-10(9-19-14)15(21)20-12-5-3-4-11(17)8-12/h3-5,7-9H,2,6H2,1H3,(H,18,19)(H,20,21). The summed E-state index contributed by atoms with van der Waals surface area (Å²) < 4.78 is 13.1. The highest BCUT2D eigenvalue weighted by Gasteiger charge is 2.10. The summed E-state index contributed by atoms with van der Waals surface area (Å²) >= 11 is 6.07. The topological polar surface area (TPSA) is 54.0 Å². The van der Waals surface area contributed by atoms with Crippen LogP contribution in [0.25, 0.3) is 0 Å². The lowest BCUT2D eigenvalue weighted by molar-refractivity contribution is 0.102. The Morgan fingerprint density at radius 2 is 2.19 bits per heavy atom. The number of carbonyl (C=O) groups excluding carboxylic acids is 1. The van der Waals surface area contributed by atoms with Crippen molar-refractivity contribution in [2.75, 3.05) is 17.2 Å². The lowest BCUT2D eigenvalue weighted by atomic mass is 10.2. The van der Waals surface area contributed by atoms with Gasteiger partial charge in [-0.15, -0.1) is 0 Å². The fourth-order valence-corrected chi connectivity index (χ4v) is 1.94. The largest absolute Gasteiger partial charge is 0.369 e. The third kappa shape index (κ3) is 4.16. The molecule has 21 heavy (non-hydrogen) atoms. The zero-order valence-electron chi connectivity index (χ0n) is 11.5. The number of aromatic nitrogens is 1. The molecule has 1 aromatic carbocycles. The monoisotopic (exact) mass is 307 g/mol. The van der Waals surface area contributed by atoms with Crippen molar-refractivity contribution in [3.63, 3.8) is 0 Å². The molecule has 1 amide bonds. The number of anilines is 2. The molecule has 0 unspecified atom stereocenters. The molecule has 110 valence electrons. The van der Waals surface area contributed by atoms with Crippen LogP contribution in [0.4, 0.5) is 15.9 Å². The van der Waals surface area contributed by atoms with E-state index in [2.05, 4.69) is 15.6 Å². The van der Waals surface area contributed by atoms with Crippen LogP contribution >= 0.6 is 11.6 Å². The van der Waals surface area contributed by atoms with Crippen molar-refractivity contribution >= 4 is 29.0 Å². The first-order valence-electron chi connectivity index (χ1n) is 6.56. The van der Waals surface area contributed by atoms with Gasteiger partial charge in [0.1, 0.15) is 11.6 Å². The minimum Gasteiger partial charge on any atom is -0.369 e. The van der Waals surface area contributed by atoms with E-state index in [9.17, 15) is 9.18 Å². The number of pyridine rings is 1. The van der Waals surface area contributed by atoms with Gasteiger partial charge >= 0.3 is 0 Å². The van der Waals surface area contributed by atoms with E-state index in [0.717, 1.165) is 13.0 Å². The Balaban J connectivity index is 2.11. The summed E-state index contributed by atoms with van der Waals surface area (Å²) in [6.45, 7) is 2.78. The van der Waals surface area contributed by atoms with E-state index in [4.69, 9.17) is 11.6 Å². The van der Waals surface area contributed by atoms with Crippen molar-refractivity contribution in [1.82, 2.24) is 4.98 Å². The highest BCUT2D eigenvalue weighted by atomic mass is 35.5. The Bertz CT molecular complexity index is 649. The van der Waals surface area contributed by atoms with Crippen LogP contribution in [0.15, 0.2) is 36.5 Å². The van der Waals surface area contributed by atoms with Crippen LogP contribution in [0.2, 0.25) is 5.02 Å². The molecular formula is C15H15ClFN3O. The van der Waals surface area contributed by atoms with Gasteiger partial charge in [0, 0.05) is 18.4 Å². The van der Waals surface area contributed by atoms with E-state index in [0.29, 0.717) is 22.1 Å². The molecule has 6 heteroatoms. The first kappa shape index (κ1) is 15.3. The molecule has 0 saturated heterocycles. The number of nitrogens with one attached hydrogen (secondary N) is 2. The summed E-state index contributed by atoms with van der Waals surface area (Å²) in [6, 6.07) is 7.20. The smallest absolute Gasteiger partial charge is 0.257 e. The van der Waals surface area contributed by atoms with E-state index in [-0.39, 0.29) is 0 Å². The zero-order chi connectivity index (χ0) is 15.2. The highest BCUT2D eigenvalue weighted by Crippen LogP contribution is 2.21.